The van der Waals surface area contributed by atoms with Crippen LogP contribution < -0.4 is 9.47 Å². The number of benzene rings is 2. The first-order valence-electron chi connectivity index (χ1n) is 11.3. The molecule has 1 saturated carbocycles. The van der Waals surface area contributed by atoms with E-state index in [1.807, 2.05) is 19.1 Å². The Bertz CT molecular complexity index is 1070. The van der Waals surface area contributed by atoms with E-state index in [9.17, 15) is 14.7 Å². The molecule has 1 saturated heterocycles. The van der Waals surface area contributed by atoms with Gasteiger partial charge in [0.15, 0.2) is 0 Å². The van der Waals surface area contributed by atoms with Crippen molar-refractivity contribution >= 4 is 29.1 Å². The molecule has 2 aliphatic rings. The van der Waals surface area contributed by atoms with Gasteiger partial charge in [0.2, 0.25) is 0 Å². The first kappa shape index (κ1) is 23.2. The van der Waals surface area contributed by atoms with Crippen molar-refractivity contribution in [3.8, 4) is 11.5 Å². The number of carbonyl (C=O) groups excluding carboxylic acids is 2. The zero-order valence-electron chi connectivity index (χ0n) is 18.8. The Hall–Kier alpha value is -2.99. The minimum Gasteiger partial charge on any atom is -0.507 e. The molecule has 1 aliphatic carbocycles. The number of likely N-dealkylation sites (tertiary alicyclic amines) is 1. The summed E-state index contributed by atoms with van der Waals surface area (Å²) in [6.07, 6.45) is 4.80. The van der Waals surface area contributed by atoms with Gasteiger partial charge in [-0.2, -0.15) is 0 Å². The van der Waals surface area contributed by atoms with Crippen molar-refractivity contribution in [1.82, 2.24) is 4.90 Å². The van der Waals surface area contributed by atoms with Crippen LogP contribution in [-0.2, 0) is 9.59 Å². The number of aliphatic hydroxyl groups excluding tert-OH is 1. The second-order valence-electron chi connectivity index (χ2n) is 8.35. The molecule has 1 amide bonds. The lowest BCUT2D eigenvalue weighted by molar-refractivity contribution is -0.141. The van der Waals surface area contributed by atoms with Gasteiger partial charge in [0.1, 0.15) is 17.3 Å². The first-order valence-corrected chi connectivity index (χ1v) is 11.7. The Kier molecular flexibility index (Phi) is 6.94. The van der Waals surface area contributed by atoms with Gasteiger partial charge in [0.05, 0.1) is 30.4 Å². The van der Waals surface area contributed by atoms with E-state index < -0.39 is 17.7 Å². The van der Waals surface area contributed by atoms with Gasteiger partial charge in [-0.1, -0.05) is 43.0 Å². The summed E-state index contributed by atoms with van der Waals surface area (Å²) in [5.41, 5.74) is 1.05. The second-order valence-corrected chi connectivity index (χ2v) is 8.75. The lowest BCUT2D eigenvalue weighted by Crippen LogP contribution is -2.40. The molecule has 6 nitrogen and oxygen atoms in total. The van der Waals surface area contributed by atoms with Crippen molar-refractivity contribution in [2.24, 2.45) is 0 Å². The molecule has 7 heteroatoms. The quantitative estimate of drug-likeness (QED) is 0.343. The minimum absolute atomic E-state index is 0.0475. The second kappa shape index (κ2) is 9.87. The van der Waals surface area contributed by atoms with Crippen LogP contribution in [0.5, 0.6) is 11.5 Å². The Morgan fingerprint density at radius 1 is 1.06 bits per heavy atom. The molecule has 2 fully saturated rings. The summed E-state index contributed by atoms with van der Waals surface area (Å²) in [5.74, 6) is -0.385. The van der Waals surface area contributed by atoms with E-state index in [1.54, 1.807) is 42.3 Å². The molecule has 2 aromatic rings. The van der Waals surface area contributed by atoms with E-state index in [2.05, 4.69) is 0 Å². The predicted octanol–water partition coefficient (Wildman–Crippen LogP) is 5.50. The largest absolute Gasteiger partial charge is 0.507 e. The molecule has 0 aromatic heterocycles. The average molecular weight is 470 g/mol. The monoisotopic (exact) mass is 469 g/mol. The smallest absolute Gasteiger partial charge is 0.295 e. The first-order chi connectivity index (χ1) is 16.0. The van der Waals surface area contributed by atoms with E-state index in [0.29, 0.717) is 18.1 Å². The summed E-state index contributed by atoms with van der Waals surface area (Å²) in [4.78, 5) is 28.2. The number of rotatable bonds is 6. The summed E-state index contributed by atoms with van der Waals surface area (Å²) in [7, 11) is 1.58. The third-order valence-electron chi connectivity index (χ3n) is 6.38. The molecule has 1 heterocycles. The molecule has 1 N–H and O–H groups in total. The van der Waals surface area contributed by atoms with Gasteiger partial charge in [-0.3, -0.25) is 9.59 Å². The van der Waals surface area contributed by atoms with E-state index >= 15 is 0 Å². The number of hydrogen-bond donors (Lipinski definition) is 1. The van der Waals surface area contributed by atoms with Crippen LogP contribution in [0.4, 0.5) is 0 Å². The number of methoxy groups -OCH3 is 1. The van der Waals surface area contributed by atoms with Crippen molar-refractivity contribution in [2.45, 2.75) is 51.1 Å². The standard InChI is InChI=1S/C26H28ClNO5/c1-3-33-19-13-14-21(27)20(15-19)24(29)22-23(16-9-11-18(32-2)12-10-16)28(26(31)25(22)30)17-7-5-4-6-8-17/h9-15,17,23,29H,3-8H2,1-2H3/b24-22+. The van der Waals surface area contributed by atoms with Crippen molar-refractivity contribution in [1.29, 1.82) is 0 Å². The molecule has 0 bridgehead atoms. The lowest BCUT2D eigenvalue weighted by atomic mass is 9.91. The van der Waals surface area contributed by atoms with Crippen LogP contribution >= 0.6 is 11.6 Å². The van der Waals surface area contributed by atoms with E-state index in [0.717, 1.165) is 37.7 Å². The van der Waals surface area contributed by atoms with E-state index in [-0.39, 0.29) is 28.0 Å². The summed E-state index contributed by atoms with van der Waals surface area (Å²) >= 11 is 6.40. The Morgan fingerprint density at radius 3 is 2.36 bits per heavy atom. The summed E-state index contributed by atoms with van der Waals surface area (Å²) in [6.45, 7) is 2.30. The molecule has 2 aromatic carbocycles. The summed E-state index contributed by atoms with van der Waals surface area (Å²) in [5, 5.41) is 11.6. The molecular weight excluding hydrogens is 442 g/mol. The third kappa shape index (κ3) is 4.44. The normalized spacial score (nSPS) is 20.8. The van der Waals surface area contributed by atoms with Crippen molar-refractivity contribution in [3.63, 3.8) is 0 Å². The number of nitrogens with zero attached hydrogens (tertiary/aromatic N) is 1. The zero-order chi connectivity index (χ0) is 23.5. The van der Waals surface area contributed by atoms with Crippen LogP contribution in [0, 0.1) is 0 Å². The van der Waals surface area contributed by atoms with Gasteiger partial charge in [0.25, 0.3) is 11.7 Å². The fourth-order valence-corrected chi connectivity index (χ4v) is 4.99. The summed E-state index contributed by atoms with van der Waals surface area (Å²) < 4.78 is 10.8. The Morgan fingerprint density at radius 2 is 1.73 bits per heavy atom. The molecule has 33 heavy (non-hydrogen) atoms. The van der Waals surface area contributed by atoms with E-state index in [4.69, 9.17) is 21.1 Å². The zero-order valence-corrected chi connectivity index (χ0v) is 19.6. The molecule has 1 unspecified atom stereocenters. The number of amides is 1. The maximum absolute atomic E-state index is 13.3. The number of halogens is 1. The van der Waals surface area contributed by atoms with E-state index in [1.165, 1.54) is 0 Å². The maximum atomic E-state index is 13.3. The highest BCUT2D eigenvalue weighted by Crippen LogP contribution is 2.44. The number of aliphatic hydroxyl groups is 1. The third-order valence-corrected chi connectivity index (χ3v) is 6.71. The highest BCUT2D eigenvalue weighted by Gasteiger charge is 2.49. The molecule has 0 spiro atoms. The summed E-state index contributed by atoms with van der Waals surface area (Å²) in [6, 6.07) is 11.4. The Balaban J connectivity index is 1.87. The highest BCUT2D eigenvalue weighted by atomic mass is 35.5. The van der Waals surface area contributed by atoms with Crippen LogP contribution in [0.15, 0.2) is 48.0 Å². The minimum atomic E-state index is -0.703. The van der Waals surface area contributed by atoms with Gasteiger partial charge in [-0.15, -0.1) is 0 Å². The molecule has 1 aliphatic heterocycles. The Labute approximate surface area is 198 Å². The van der Waals surface area contributed by atoms with Crippen molar-refractivity contribution < 1.29 is 24.2 Å². The molecule has 174 valence electrons. The van der Waals surface area contributed by atoms with Crippen LogP contribution in [0.2, 0.25) is 5.02 Å². The predicted molar refractivity (Wildman–Crippen MR) is 127 cm³/mol. The van der Waals surface area contributed by atoms with Gasteiger partial charge in [-0.25, -0.2) is 0 Å². The van der Waals surface area contributed by atoms with Crippen molar-refractivity contribution in [3.05, 3.63) is 64.2 Å². The van der Waals surface area contributed by atoms with Gasteiger partial charge in [-0.05, 0) is 55.7 Å². The number of ketones is 1. The van der Waals surface area contributed by atoms with Crippen LogP contribution in [0.25, 0.3) is 5.76 Å². The van der Waals surface area contributed by atoms with Gasteiger partial charge in [0, 0.05) is 11.6 Å². The number of ether oxygens (including phenoxy) is 2. The molecule has 1 atom stereocenters. The van der Waals surface area contributed by atoms with Gasteiger partial charge < -0.3 is 19.5 Å². The van der Waals surface area contributed by atoms with Crippen LogP contribution in [-0.4, -0.2) is 41.5 Å². The van der Waals surface area contributed by atoms with Crippen LogP contribution in [0.1, 0.15) is 56.2 Å². The lowest BCUT2D eigenvalue weighted by Gasteiger charge is -2.35. The van der Waals surface area contributed by atoms with Crippen LogP contribution in [0.3, 0.4) is 0 Å². The van der Waals surface area contributed by atoms with Gasteiger partial charge >= 0.3 is 0 Å². The average Bonchev–Trinajstić information content (AvgIpc) is 3.11. The fraction of sp³-hybridized carbons (Fsp3) is 0.385. The fourth-order valence-electron chi connectivity index (χ4n) is 4.79. The molecular formula is C26H28ClNO5. The highest BCUT2D eigenvalue weighted by molar-refractivity contribution is 6.47. The maximum Gasteiger partial charge on any atom is 0.295 e. The molecule has 4 rings (SSSR count). The molecule has 0 radical (unpaired) electrons. The SMILES string of the molecule is CCOc1ccc(Cl)c(/C(O)=C2\C(=O)C(=O)N(C3CCCCC3)C2c2ccc(OC)cc2)c1. The van der Waals surface area contributed by atoms with Crippen molar-refractivity contribution in [2.75, 3.05) is 13.7 Å². The number of Topliss-reactive ketones (excluding diaryl/α,β-unsaturated/α-hetero) is 1. The number of hydrogen-bond acceptors (Lipinski definition) is 5. The number of carbonyl (C=O) groups is 2. The topological polar surface area (TPSA) is 76.1 Å².